The maximum Gasteiger partial charge on any atom is 0.309 e. The number of hydrogen-bond acceptors (Lipinski definition) is 2. The van der Waals surface area contributed by atoms with Gasteiger partial charge in [0.25, 0.3) is 0 Å². The molecule has 1 unspecified atom stereocenters. The van der Waals surface area contributed by atoms with Gasteiger partial charge in [0.05, 0.1) is 5.41 Å². The molecule has 1 saturated carbocycles. The maximum absolute atomic E-state index is 11.1. The van der Waals surface area contributed by atoms with Gasteiger partial charge in [-0.1, -0.05) is 19.3 Å². The zero-order valence-corrected chi connectivity index (χ0v) is 13.2. The van der Waals surface area contributed by atoms with Crippen molar-refractivity contribution in [3.8, 4) is 0 Å². The normalized spacial score (nSPS) is 25.4. The van der Waals surface area contributed by atoms with Crippen LogP contribution >= 0.6 is 0 Å². The van der Waals surface area contributed by atoms with Crippen LogP contribution in [0.5, 0.6) is 0 Å². The lowest BCUT2D eigenvalue weighted by Crippen LogP contribution is -2.35. The number of likely N-dealkylation sites (tertiary alicyclic amines) is 1. The second kappa shape index (κ2) is 6.93. The molecule has 1 aliphatic heterocycles. The van der Waals surface area contributed by atoms with Crippen LogP contribution in [0.15, 0.2) is 0 Å². The first-order valence-corrected chi connectivity index (χ1v) is 8.48. The van der Waals surface area contributed by atoms with Crippen LogP contribution < -0.4 is 0 Å². The van der Waals surface area contributed by atoms with Crippen LogP contribution in [0.3, 0.4) is 0 Å². The quantitative estimate of drug-likeness (QED) is 0.719. The molecule has 20 heavy (non-hydrogen) atoms. The van der Waals surface area contributed by atoms with Gasteiger partial charge in [0.2, 0.25) is 0 Å². The molecule has 3 heteroatoms. The second-order valence-electron chi connectivity index (χ2n) is 7.44. The molecule has 0 aromatic heterocycles. The number of hydrogen-bond donors (Lipinski definition) is 1. The van der Waals surface area contributed by atoms with Gasteiger partial charge in [-0.15, -0.1) is 0 Å². The molecule has 1 saturated heterocycles. The minimum absolute atomic E-state index is 0.560. The van der Waals surface area contributed by atoms with E-state index in [1.807, 2.05) is 13.8 Å². The van der Waals surface area contributed by atoms with Gasteiger partial charge in [0.15, 0.2) is 0 Å². The van der Waals surface area contributed by atoms with Crippen molar-refractivity contribution in [2.24, 2.45) is 11.3 Å². The topological polar surface area (TPSA) is 40.5 Å². The zero-order chi connectivity index (χ0) is 14.6. The van der Waals surface area contributed by atoms with E-state index in [2.05, 4.69) is 4.90 Å². The van der Waals surface area contributed by atoms with E-state index in [0.717, 1.165) is 31.2 Å². The lowest BCUT2D eigenvalue weighted by atomic mass is 9.87. The average molecular weight is 281 g/mol. The van der Waals surface area contributed by atoms with Crippen LogP contribution in [0.4, 0.5) is 0 Å². The fourth-order valence-electron chi connectivity index (χ4n) is 3.99. The molecule has 0 bridgehead atoms. The number of aliphatic carboxylic acids is 1. The summed E-state index contributed by atoms with van der Waals surface area (Å²) in [6, 6.07) is 0.838. The number of carbonyl (C=O) groups is 1. The third-order valence-electron chi connectivity index (χ3n) is 5.43. The highest BCUT2D eigenvalue weighted by Crippen LogP contribution is 2.35. The smallest absolute Gasteiger partial charge is 0.309 e. The second-order valence-corrected chi connectivity index (χ2v) is 7.44. The van der Waals surface area contributed by atoms with Gasteiger partial charge in [-0.2, -0.15) is 0 Å². The first kappa shape index (κ1) is 15.8. The standard InChI is InChI=1S/C17H31NO2/c1-17(2,16(19)20)11-5-6-12-18-13-7-10-15(18)14-8-3-4-9-14/h14-15H,3-13H2,1-2H3,(H,19,20). The van der Waals surface area contributed by atoms with Crippen LogP contribution in [0.2, 0.25) is 0 Å². The third kappa shape index (κ3) is 3.97. The van der Waals surface area contributed by atoms with Crippen LogP contribution in [-0.2, 0) is 4.79 Å². The Morgan fingerprint density at radius 3 is 2.50 bits per heavy atom. The molecule has 0 spiro atoms. The Morgan fingerprint density at radius 1 is 1.15 bits per heavy atom. The monoisotopic (exact) mass is 281 g/mol. The van der Waals surface area contributed by atoms with Gasteiger partial charge in [-0.05, 0) is 71.4 Å². The largest absolute Gasteiger partial charge is 0.481 e. The van der Waals surface area contributed by atoms with Gasteiger partial charge in [-0.25, -0.2) is 0 Å². The lowest BCUT2D eigenvalue weighted by Gasteiger charge is -2.29. The van der Waals surface area contributed by atoms with Crippen LogP contribution in [0, 0.1) is 11.3 Å². The summed E-state index contributed by atoms with van der Waals surface area (Å²) < 4.78 is 0. The summed E-state index contributed by atoms with van der Waals surface area (Å²) >= 11 is 0. The summed E-state index contributed by atoms with van der Waals surface area (Å²) in [5.74, 6) is 0.287. The van der Waals surface area contributed by atoms with Crippen molar-refractivity contribution in [1.29, 1.82) is 0 Å². The van der Waals surface area contributed by atoms with Crippen molar-refractivity contribution in [2.45, 2.75) is 77.7 Å². The number of rotatable bonds is 7. The summed E-state index contributed by atoms with van der Waals surface area (Å²) in [5, 5.41) is 9.13. The van der Waals surface area contributed by atoms with E-state index in [1.54, 1.807) is 0 Å². The van der Waals surface area contributed by atoms with E-state index in [0.29, 0.717) is 0 Å². The van der Waals surface area contributed by atoms with Crippen molar-refractivity contribution in [3.05, 3.63) is 0 Å². The Hall–Kier alpha value is -0.570. The number of carboxylic acids is 1. The van der Waals surface area contributed by atoms with Crippen molar-refractivity contribution < 1.29 is 9.90 Å². The molecular weight excluding hydrogens is 250 g/mol. The number of carboxylic acid groups (broad SMARTS) is 1. The Balaban J connectivity index is 1.69. The van der Waals surface area contributed by atoms with Crippen molar-refractivity contribution >= 4 is 5.97 Å². The highest BCUT2D eigenvalue weighted by Gasteiger charge is 2.33. The highest BCUT2D eigenvalue weighted by molar-refractivity contribution is 5.73. The Bertz CT molecular complexity index is 321. The van der Waals surface area contributed by atoms with E-state index in [4.69, 9.17) is 5.11 Å². The molecule has 1 atom stereocenters. The van der Waals surface area contributed by atoms with E-state index in [9.17, 15) is 4.79 Å². The Kier molecular flexibility index (Phi) is 5.48. The lowest BCUT2D eigenvalue weighted by molar-refractivity contribution is -0.147. The van der Waals surface area contributed by atoms with Gasteiger partial charge in [0.1, 0.15) is 0 Å². The third-order valence-corrected chi connectivity index (χ3v) is 5.43. The predicted molar refractivity (Wildman–Crippen MR) is 81.8 cm³/mol. The molecule has 0 aromatic rings. The van der Waals surface area contributed by atoms with E-state index in [-0.39, 0.29) is 0 Å². The zero-order valence-electron chi connectivity index (χ0n) is 13.2. The van der Waals surface area contributed by atoms with E-state index < -0.39 is 11.4 Å². The van der Waals surface area contributed by atoms with Gasteiger partial charge in [-0.3, -0.25) is 4.79 Å². The van der Waals surface area contributed by atoms with Gasteiger partial charge < -0.3 is 10.0 Å². The van der Waals surface area contributed by atoms with Crippen LogP contribution in [-0.4, -0.2) is 35.1 Å². The van der Waals surface area contributed by atoms with Crippen LogP contribution in [0.1, 0.15) is 71.6 Å². The summed E-state index contributed by atoms with van der Waals surface area (Å²) in [6.07, 6.45) is 11.5. The first-order chi connectivity index (χ1) is 9.50. The summed E-state index contributed by atoms with van der Waals surface area (Å²) in [4.78, 5) is 13.8. The van der Waals surface area contributed by atoms with Crippen molar-refractivity contribution in [1.82, 2.24) is 4.90 Å². The first-order valence-electron chi connectivity index (χ1n) is 8.48. The fourth-order valence-corrected chi connectivity index (χ4v) is 3.99. The summed E-state index contributed by atoms with van der Waals surface area (Å²) in [5.41, 5.74) is -0.560. The van der Waals surface area contributed by atoms with E-state index in [1.165, 1.54) is 51.6 Å². The van der Waals surface area contributed by atoms with Crippen molar-refractivity contribution in [2.75, 3.05) is 13.1 Å². The van der Waals surface area contributed by atoms with Gasteiger partial charge >= 0.3 is 5.97 Å². The predicted octanol–water partition coefficient (Wildman–Crippen LogP) is 3.92. The molecule has 3 nitrogen and oxygen atoms in total. The summed E-state index contributed by atoms with van der Waals surface area (Å²) in [6.45, 7) is 6.12. The molecule has 2 rings (SSSR count). The average Bonchev–Trinajstić information content (AvgIpc) is 3.04. The maximum atomic E-state index is 11.1. The molecule has 2 aliphatic rings. The minimum atomic E-state index is -0.664. The molecule has 0 aromatic carbocycles. The molecule has 0 amide bonds. The summed E-state index contributed by atoms with van der Waals surface area (Å²) in [7, 11) is 0. The molecule has 1 N–H and O–H groups in total. The highest BCUT2D eigenvalue weighted by atomic mass is 16.4. The fraction of sp³-hybridized carbons (Fsp3) is 0.941. The number of unbranched alkanes of at least 4 members (excludes halogenated alkanes) is 1. The van der Waals surface area contributed by atoms with Crippen molar-refractivity contribution in [3.63, 3.8) is 0 Å². The molecular formula is C17H31NO2. The minimum Gasteiger partial charge on any atom is -0.481 e. The molecule has 1 aliphatic carbocycles. The van der Waals surface area contributed by atoms with E-state index >= 15 is 0 Å². The van der Waals surface area contributed by atoms with Crippen LogP contribution in [0.25, 0.3) is 0 Å². The Morgan fingerprint density at radius 2 is 1.85 bits per heavy atom. The van der Waals surface area contributed by atoms with Gasteiger partial charge in [0, 0.05) is 6.04 Å². The Labute approximate surface area is 123 Å². The molecule has 1 heterocycles. The molecule has 0 radical (unpaired) electrons. The molecule has 116 valence electrons. The molecule has 2 fully saturated rings. The SMILES string of the molecule is CC(C)(CCCCN1CCCC1C1CCCC1)C(=O)O. The number of nitrogens with zero attached hydrogens (tertiary/aromatic N) is 1.